The standard InChI is InChI=1S/C30H40N4O2/c1-22-5-14-28(23(19-22)20-31)32-25-8-12-27(13-9-25)36-21-29(35)34-17-15-33(16-18-34)26-10-6-24(7-11-26)30(2,3)4/h5-7,10-11,14,19,25,27,32H,8-9,12-13,15-18,21H2,1-4H3. The summed E-state index contributed by atoms with van der Waals surface area (Å²) in [6, 6.07) is 17.4. The lowest BCUT2D eigenvalue weighted by Crippen LogP contribution is -2.50. The molecule has 1 amide bonds. The number of nitrogens with zero attached hydrogens (tertiary/aromatic N) is 3. The molecule has 2 aromatic carbocycles. The molecular formula is C30H40N4O2. The summed E-state index contributed by atoms with van der Waals surface area (Å²) in [5.74, 6) is 0.0938. The van der Waals surface area contributed by atoms with Crippen molar-refractivity contribution in [2.75, 3.05) is 43.0 Å². The normalized spacial score (nSPS) is 20.6. The highest BCUT2D eigenvalue weighted by atomic mass is 16.5. The number of nitrogens with one attached hydrogen (secondary N) is 1. The molecule has 0 aromatic heterocycles. The lowest BCUT2D eigenvalue weighted by molar-refractivity contribution is -0.139. The van der Waals surface area contributed by atoms with E-state index in [0.29, 0.717) is 11.6 Å². The summed E-state index contributed by atoms with van der Waals surface area (Å²) in [6.45, 7) is 12.0. The van der Waals surface area contributed by atoms with Gasteiger partial charge >= 0.3 is 0 Å². The van der Waals surface area contributed by atoms with Gasteiger partial charge in [0.25, 0.3) is 0 Å². The number of amides is 1. The number of anilines is 2. The minimum Gasteiger partial charge on any atom is -0.381 e. The van der Waals surface area contributed by atoms with Crippen LogP contribution in [0.3, 0.4) is 0 Å². The van der Waals surface area contributed by atoms with Gasteiger partial charge in [-0.15, -0.1) is 0 Å². The quantitative estimate of drug-likeness (QED) is 0.601. The van der Waals surface area contributed by atoms with E-state index in [0.717, 1.165) is 63.1 Å². The Morgan fingerprint density at radius 2 is 1.69 bits per heavy atom. The summed E-state index contributed by atoms with van der Waals surface area (Å²) in [4.78, 5) is 17.1. The highest BCUT2D eigenvalue weighted by Crippen LogP contribution is 2.27. The first-order valence-corrected chi connectivity index (χ1v) is 13.2. The molecule has 1 N–H and O–H groups in total. The number of aryl methyl sites for hydroxylation is 1. The summed E-state index contributed by atoms with van der Waals surface area (Å²) in [5.41, 5.74) is 5.41. The summed E-state index contributed by atoms with van der Waals surface area (Å²) in [5, 5.41) is 12.9. The van der Waals surface area contributed by atoms with E-state index in [4.69, 9.17) is 4.74 Å². The number of piperazine rings is 1. The SMILES string of the molecule is Cc1ccc(NC2CCC(OCC(=O)N3CCN(c4ccc(C(C)(C)C)cc4)CC3)CC2)c(C#N)c1. The van der Waals surface area contributed by atoms with E-state index in [1.807, 2.05) is 30.0 Å². The van der Waals surface area contributed by atoms with Gasteiger partial charge in [-0.05, 0) is 73.4 Å². The van der Waals surface area contributed by atoms with Gasteiger partial charge in [0, 0.05) is 37.9 Å². The fourth-order valence-electron chi connectivity index (χ4n) is 5.14. The summed E-state index contributed by atoms with van der Waals surface area (Å²) >= 11 is 0. The lowest BCUT2D eigenvalue weighted by atomic mass is 9.87. The third-order valence-corrected chi connectivity index (χ3v) is 7.50. The Labute approximate surface area is 216 Å². The molecule has 4 rings (SSSR count). The van der Waals surface area contributed by atoms with Crippen molar-refractivity contribution in [3.8, 4) is 6.07 Å². The molecule has 192 valence electrons. The zero-order chi connectivity index (χ0) is 25.7. The van der Waals surface area contributed by atoms with Crippen LogP contribution in [0.1, 0.15) is 63.1 Å². The van der Waals surface area contributed by atoms with E-state index in [2.05, 4.69) is 61.3 Å². The number of rotatable bonds is 6. The zero-order valence-corrected chi connectivity index (χ0v) is 22.2. The van der Waals surface area contributed by atoms with Crippen molar-refractivity contribution in [3.63, 3.8) is 0 Å². The predicted octanol–water partition coefficient (Wildman–Crippen LogP) is 5.25. The van der Waals surface area contributed by atoms with Gasteiger partial charge in [-0.1, -0.05) is 39.0 Å². The summed E-state index contributed by atoms with van der Waals surface area (Å²) in [6.07, 6.45) is 3.94. The second kappa shape index (κ2) is 11.3. The zero-order valence-electron chi connectivity index (χ0n) is 22.2. The van der Waals surface area contributed by atoms with Crippen LogP contribution < -0.4 is 10.2 Å². The maximum atomic E-state index is 12.8. The molecule has 0 bridgehead atoms. The van der Waals surface area contributed by atoms with Crippen molar-refractivity contribution in [2.24, 2.45) is 0 Å². The van der Waals surface area contributed by atoms with Crippen LogP contribution >= 0.6 is 0 Å². The topological polar surface area (TPSA) is 68.6 Å². The number of nitriles is 1. The molecule has 0 unspecified atom stereocenters. The van der Waals surface area contributed by atoms with Gasteiger partial charge in [0.15, 0.2) is 0 Å². The smallest absolute Gasteiger partial charge is 0.248 e. The van der Waals surface area contributed by atoms with Crippen molar-refractivity contribution >= 4 is 17.3 Å². The number of hydrogen-bond acceptors (Lipinski definition) is 5. The molecule has 6 heteroatoms. The molecule has 1 aliphatic heterocycles. The number of carbonyl (C=O) groups excluding carboxylic acids is 1. The van der Waals surface area contributed by atoms with E-state index in [1.165, 1.54) is 11.3 Å². The molecule has 6 nitrogen and oxygen atoms in total. The Kier molecular flexibility index (Phi) is 8.21. The van der Waals surface area contributed by atoms with Crippen LogP contribution in [0.15, 0.2) is 42.5 Å². The number of hydrogen-bond donors (Lipinski definition) is 1. The van der Waals surface area contributed by atoms with Crippen molar-refractivity contribution in [2.45, 2.75) is 70.9 Å². The molecule has 36 heavy (non-hydrogen) atoms. The molecular weight excluding hydrogens is 448 g/mol. The van der Waals surface area contributed by atoms with Crippen molar-refractivity contribution < 1.29 is 9.53 Å². The van der Waals surface area contributed by atoms with E-state index in [9.17, 15) is 10.1 Å². The van der Waals surface area contributed by atoms with Gasteiger partial charge in [-0.2, -0.15) is 5.26 Å². The molecule has 2 aromatic rings. The van der Waals surface area contributed by atoms with Crippen molar-refractivity contribution in [1.29, 1.82) is 5.26 Å². The molecule has 1 heterocycles. The Morgan fingerprint density at radius 1 is 1.03 bits per heavy atom. The number of benzene rings is 2. The van der Waals surface area contributed by atoms with Crippen LogP contribution in [0.5, 0.6) is 0 Å². The molecule has 0 radical (unpaired) electrons. The van der Waals surface area contributed by atoms with Crippen LogP contribution in [-0.2, 0) is 14.9 Å². The monoisotopic (exact) mass is 488 g/mol. The maximum absolute atomic E-state index is 12.8. The Hall–Kier alpha value is -3.04. The van der Waals surface area contributed by atoms with Crippen LogP contribution in [0.4, 0.5) is 11.4 Å². The van der Waals surface area contributed by atoms with Crippen molar-refractivity contribution in [1.82, 2.24) is 4.90 Å². The van der Waals surface area contributed by atoms with Gasteiger partial charge in [0.1, 0.15) is 12.7 Å². The maximum Gasteiger partial charge on any atom is 0.248 e. The van der Waals surface area contributed by atoms with Gasteiger partial charge in [0.2, 0.25) is 5.91 Å². The molecule has 2 fully saturated rings. The van der Waals surface area contributed by atoms with Crippen LogP contribution in [0.25, 0.3) is 0 Å². The fraction of sp³-hybridized carbons (Fsp3) is 0.533. The second-order valence-electron chi connectivity index (χ2n) is 11.3. The summed E-state index contributed by atoms with van der Waals surface area (Å²) < 4.78 is 6.03. The highest BCUT2D eigenvalue weighted by Gasteiger charge is 2.26. The molecule has 1 saturated heterocycles. The van der Waals surface area contributed by atoms with Crippen LogP contribution in [0.2, 0.25) is 0 Å². The average molecular weight is 489 g/mol. The summed E-state index contributed by atoms with van der Waals surface area (Å²) in [7, 11) is 0. The molecule has 1 saturated carbocycles. The Bertz CT molecular complexity index is 1070. The Balaban J connectivity index is 1.17. The average Bonchev–Trinajstić information content (AvgIpc) is 2.88. The van der Waals surface area contributed by atoms with Gasteiger partial charge in [-0.25, -0.2) is 0 Å². The third kappa shape index (κ3) is 6.59. The first-order chi connectivity index (χ1) is 17.2. The molecule has 1 aliphatic carbocycles. The number of ether oxygens (including phenoxy) is 1. The van der Waals surface area contributed by atoms with Crippen LogP contribution in [0, 0.1) is 18.3 Å². The Morgan fingerprint density at radius 3 is 2.31 bits per heavy atom. The lowest BCUT2D eigenvalue weighted by Gasteiger charge is -2.37. The number of carbonyl (C=O) groups is 1. The first kappa shape index (κ1) is 26.0. The molecule has 2 aliphatic rings. The minimum atomic E-state index is 0.0938. The van der Waals surface area contributed by atoms with Crippen molar-refractivity contribution in [3.05, 3.63) is 59.2 Å². The predicted molar refractivity (Wildman–Crippen MR) is 145 cm³/mol. The second-order valence-corrected chi connectivity index (χ2v) is 11.3. The fourth-order valence-corrected chi connectivity index (χ4v) is 5.14. The molecule has 0 spiro atoms. The van der Waals surface area contributed by atoms with E-state index >= 15 is 0 Å². The van der Waals surface area contributed by atoms with Gasteiger partial charge in [0.05, 0.1) is 17.4 Å². The van der Waals surface area contributed by atoms with Gasteiger partial charge < -0.3 is 19.9 Å². The first-order valence-electron chi connectivity index (χ1n) is 13.2. The van der Waals surface area contributed by atoms with E-state index in [-0.39, 0.29) is 24.0 Å². The largest absolute Gasteiger partial charge is 0.381 e. The van der Waals surface area contributed by atoms with E-state index < -0.39 is 0 Å². The molecule has 0 atom stereocenters. The minimum absolute atomic E-state index is 0.0938. The van der Waals surface area contributed by atoms with E-state index in [1.54, 1.807) is 0 Å². The third-order valence-electron chi connectivity index (χ3n) is 7.50. The highest BCUT2D eigenvalue weighted by molar-refractivity contribution is 5.77. The van der Waals surface area contributed by atoms with Gasteiger partial charge in [-0.3, -0.25) is 4.79 Å². The van der Waals surface area contributed by atoms with Crippen LogP contribution in [-0.4, -0.2) is 55.7 Å².